The molecule has 1 fully saturated rings. The highest BCUT2D eigenvalue weighted by Crippen LogP contribution is 2.30. The largest absolute Gasteiger partial charge is 0.481 e. The zero-order valence-corrected chi connectivity index (χ0v) is 16.8. The number of nitrogens with two attached hydrogens (primary N) is 1. The van der Waals surface area contributed by atoms with E-state index < -0.39 is 6.10 Å². The summed E-state index contributed by atoms with van der Waals surface area (Å²) in [7, 11) is 0. The van der Waals surface area contributed by atoms with Crippen LogP contribution in [0.25, 0.3) is 11.2 Å². The van der Waals surface area contributed by atoms with Gasteiger partial charge in [0.1, 0.15) is 11.3 Å². The van der Waals surface area contributed by atoms with Crippen molar-refractivity contribution in [3.05, 3.63) is 47.9 Å². The minimum atomic E-state index is -0.539. The van der Waals surface area contributed by atoms with Crippen LogP contribution in [0, 0.1) is 6.92 Å². The zero-order chi connectivity index (χ0) is 20.4. The SMILES string of the molecule is Cc1ccc(OC(C)C(=O)N2CCC(c3nn(CCN)c4nccnc34)C2)cc1. The highest BCUT2D eigenvalue weighted by Gasteiger charge is 2.33. The van der Waals surface area contributed by atoms with Crippen molar-refractivity contribution in [3.8, 4) is 5.75 Å². The van der Waals surface area contributed by atoms with Gasteiger partial charge in [0.25, 0.3) is 5.91 Å². The van der Waals surface area contributed by atoms with E-state index in [4.69, 9.17) is 15.6 Å². The van der Waals surface area contributed by atoms with Crippen LogP contribution in [0.1, 0.15) is 30.5 Å². The van der Waals surface area contributed by atoms with Crippen LogP contribution in [0.3, 0.4) is 0 Å². The molecule has 2 unspecified atom stereocenters. The summed E-state index contributed by atoms with van der Waals surface area (Å²) in [6, 6.07) is 7.73. The van der Waals surface area contributed by atoms with Crippen molar-refractivity contribution in [2.75, 3.05) is 19.6 Å². The van der Waals surface area contributed by atoms with Gasteiger partial charge in [0, 0.05) is 37.9 Å². The first kappa shape index (κ1) is 19.3. The molecule has 3 heterocycles. The molecule has 0 bridgehead atoms. The number of amides is 1. The number of aryl methyl sites for hydroxylation is 1. The molecule has 1 amide bonds. The van der Waals surface area contributed by atoms with E-state index in [0.717, 1.165) is 28.8 Å². The van der Waals surface area contributed by atoms with Gasteiger partial charge in [0.2, 0.25) is 0 Å². The van der Waals surface area contributed by atoms with E-state index in [0.29, 0.717) is 31.9 Å². The van der Waals surface area contributed by atoms with Crippen molar-refractivity contribution in [1.29, 1.82) is 0 Å². The Bertz CT molecular complexity index is 1000. The Morgan fingerprint density at radius 3 is 2.79 bits per heavy atom. The smallest absolute Gasteiger partial charge is 0.263 e. The first-order valence-electron chi connectivity index (χ1n) is 9.96. The van der Waals surface area contributed by atoms with Gasteiger partial charge in [0.15, 0.2) is 11.8 Å². The Morgan fingerprint density at radius 1 is 1.28 bits per heavy atom. The van der Waals surface area contributed by atoms with Crippen LogP contribution in [0.2, 0.25) is 0 Å². The van der Waals surface area contributed by atoms with Crippen LogP contribution in [0.4, 0.5) is 0 Å². The molecule has 1 saturated heterocycles. The second kappa shape index (κ2) is 8.16. The average Bonchev–Trinajstić information content (AvgIpc) is 3.35. The molecule has 2 atom stereocenters. The molecule has 1 aliphatic heterocycles. The van der Waals surface area contributed by atoms with Gasteiger partial charge in [-0.15, -0.1) is 0 Å². The van der Waals surface area contributed by atoms with Crippen molar-refractivity contribution in [2.45, 2.75) is 38.8 Å². The highest BCUT2D eigenvalue weighted by molar-refractivity contribution is 5.81. The molecule has 0 saturated carbocycles. The number of aromatic nitrogens is 4. The first-order valence-corrected chi connectivity index (χ1v) is 9.96. The van der Waals surface area contributed by atoms with Crippen LogP contribution in [-0.4, -0.2) is 56.3 Å². The fourth-order valence-electron chi connectivity index (χ4n) is 3.79. The quantitative estimate of drug-likeness (QED) is 0.685. The summed E-state index contributed by atoms with van der Waals surface area (Å²) < 4.78 is 7.65. The van der Waals surface area contributed by atoms with Crippen molar-refractivity contribution >= 4 is 17.1 Å². The summed E-state index contributed by atoms with van der Waals surface area (Å²) in [5.41, 5.74) is 9.29. The lowest BCUT2D eigenvalue weighted by atomic mass is 10.0. The summed E-state index contributed by atoms with van der Waals surface area (Å²) in [5.74, 6) is 0.822. The van der Waals surface area contributed by atoms with Crippen molar-refractivity contribution in [2.24, 2.45) is 5.73 Å². The lowest BCUT2D eigenvalue weighted by Crippen LogP contribution is -2.39. The molecule has 8 heteroatoms. The predicted octanol–water partition coefficient (Wildman–Crippen LogP) is 1.88. The van der Waals surface area contributed by atoms with E-state index in [1.807, 2.05) is 40.8 Å². The fourth-order valence-corrected chi connectivity index (χ4v) is 3.79. The van der Waals surface area contributed by atoms with E-state index in [9.17, 15) is 4.79 Å². The maximum Gasteiger partial charge on any atom is 0.263 e. The molecule has 1 aromatic carbocycles. The maximum absolute atomic E-state index is 12.9. The number of benzene rings is 1. The molecule has 2 N–H and O–H groups in total. The molecule has 152 valence electrons. The second-order valence-electron chi connectivity index (χ2n) is 7.47. The molecule has 8 nitrogen and oxygen atoms in total. The topological polar surface area (TPSA) is 99.2 Å². The number of rotatable bonds is 6. The van der Waals surface area contributed by atoms with Gasteiger partial charge < -0.3 is 15.4 Å². The Balaban J connectivity index is 1.47. The van der Waals surface area contributed by atoms with Gasteiger partial charge >= 0.3 is 0 Å². The number of ether oxygens (including phenoxy) is 1. The van der Waals surface area contributed by atoms with Gasteiger partial charge in [-0.1, -0.05) is 17.7 Å². The highest BCUT2D eigenvalue weighted by atomic mass is 16.5. The number of fused-ring (bicyclic) bond motifs is 1. The minimum absolute atomic E-state index is 0.00939. The fraction of sp³-hybridized carbons (Fsp3) is 0.429. The van der Waals surface area contributed by atoms with Crippen molar-refractivity contribution in [3.63, 3.8) is 0 Å². The summed E-state index contributed by atoms with van der Waals surface area (Å²) in [5, 5.41) is 4.72. The monoisotopic (exact) mass is 394 g/mol. The predicted molar refractivity (Wildman–Crippen MR) is 110 cm³/mol. The van der Waals surface area contributed by atoms with Crippen molar-refractivity contribution < 1.29 is 9.53 Å². The molecule has 1 aliphatic rings. The molecular formula is C21H26N6O2. The number of carbonyl (C=O) groups excluding carboxylic acids is 1. The van der Waals surface area contributed by atoms with E-state index in [2.05, 4.69) is 9.97 Å². The Kier molecular flexibility index (Phi) is 5.44. The normalized spacial score (nSPS) is 17.6. The van der Waals surface area contributed by atoms with E-state index in [-0.39, 0.29) is 11.8 Å². The van der Waals surface area contributed by atoms with Gasteiger partial charge in [-0.25, -0.2) is 14.6 Å². The molecule has 0 radical (unpaired) electrons. The maximum atomic E-state index is 12.9. The number of hydrogen-bond donors (Lipinski definition) is 1. The van der Waals surface area contributed by atoms with Crippen molar-refractivity contribution in [1.82, 2.24) is 24.6 Å². The van der Waals surface area contributed by atoms with Gasteiger partial charge in [-0.2, -0.15) is 5.10 Å². The average molecular weight is 394 g/mol. The van der Waals surface area contributed by atoms with Crippen LogP contribution >= 0.6 is 0 Å². The lowest BCUT2D eigenvalue weighted by molar-refractivity contribution is -0.136. The van der Waals surface area contributed by atoms with E-state index >= 15 is 0 Å². The molecular weight excluding hydrogens is 368 g/mol. The van der Waals surface area contributed by atoms with Gasteiger partial charge in [0.05, 0.1) is 12.2 Å². The third-order valence-corrected chi connectivity index (χ3v) is 5.30. The van der Waals surface area contributed by atoms with E-state index in [1.54, 1.807) is 19.3 Å². The number of carbonyl (C=O) groups is 1. The second-order valence-corrected chi connectivity index (χ2v) is 7.47. The standard InChI is InChI=1S/C21H26N6O2/c1-14-3-5-17(6-4-14)29-15(2)21(28)26-11-7-16(13-26)18-19-20(24-10-9-23-19)27(25-18)12-8-22/h3-6,9-10,15-16H,7-8,11-13,22H2,1-2H3. The summed E-state index contributed by atoms with van der Waals surface area (Å²) in [4.78, 5) is 23.6. The Hall–Kier alpha value is -3.00. The number of hydrogen-bond acceptors (Lipinski definition) is 6. The summed E-state index contributed by atoms with van der Waals surface area (Å²) in [6.07, 6.45) is 3.64. The van der Waals surface area contributed by atoms with Crippen LogP contribution in [-0.2, 0) is 11.3 Å². The molecule has 0 spiro atoms. The van der Waals surface area contributed by atoms with Crippen LogP contribution in [0.15, 0.2) is 36.7 Å². The minimum Gasteiger partial charge on any atom is -0.481 e. The summed E-state index contributed by atoms with van der Waals surface area (Å²) in [6.45, 7) is 6.17. The third-order valence-electron chi connectivity index (χ3n) is 5.30. The zero-order valence-electron chi connectivity index (χ0n) is 16.8. The van der Waals surface area contributed by atoms with Gasteiger partial charge in [-0.3, -0.25) is 4.79 Å². The van der Waals surface area contributed by atoms with Crippen LogP contribution < -0.4 is 10.5 Å². The van der Waals surface area contributed by atoms with Gasteiger partial charge in [-0.05, 0) is 32.4 Å². The number of likely N-dealkylation sites (tertiary alicyclic amines) is 1. The van der Waals surface area contributed by atoms with Crippen LogP contribution in [0.5, 0.6) is 5.75 Å². The summed E-state index contributed by atoms with van der Waals surface area (Å²) >= 11 is 0. The van der Waals surface area contributed by atoms with E-state index in [1.165, 1.54) is 0 Å². The molecule has 3 aromatic rings. The Morgan fingerprint density at radius 2 is 2.03 bits per heavy atom. The molecule has 0 aliphatic carbocycles. The Labute approximate surface area is 169 Å². The molecule has 4 rings (SSSR count). The number of nitrogens with zero attached hydrogens (tertiary/aromatic N) is 5. The third kappa shape index (κ3) is 3.93. The molecule has 29 heavy (non-hydrogen) atoms. The first-order chi connectivity index (χ1) is 14.1. The molecule has 2 aromatic heterocycles. The lowest BCUT2D eigenvalue weighted by Gasteiger charge is -2.21.